The van der Waals surface area contributed by atoms with Gasteiger partial charge in [-0.25, -0.2) is 4.98 Å². The minimum absolute atomic E-state index is 0.219. The summed E-state index contributed by atoms with van der Waals surface area (Å²) < 4.78 is 2.16. The fourth-order valence-electron chi connectivity index (χ4n) is 3.20. The van der Waals surface area contributed by atoms with Crippen molar-refractivity contribution >= 4 is 12.2 Å². The molecule has 1 unspecified atom stereocenters. The van der Waals surface area contributed by atoms with Gasteiger partial charge in [0.25, 0.3) is 0 Å². The Hall–Kier alpha value is -2.46. The van der Waals surface area contributed by atoms with E-state index in [4.69, 9.17) is 10.7 Å². The number of hydrogen-bond acceptors (Lipinski definition) is 4. The zero-order chi connectivity index (χ0) is 18.4. The maximum absolute atomic E-state index is 5.69. The normalized spacial score (nSPS) is 13.8. The highest BCUT2D eigenvalue weighted by Crippen LogP contribution is 2.23. The molecule has 26 heavy (non-hydrogen) atoms. The number of pyridine rings is 1. The lowest BCUT2D eigenvalue weighted by atomic mass is 10.1. The molecule has 2 aromatic heterocycles. The molecular weight excluding hydrogens is 322 g/mol. The molecule has 1 aliphatic carbocycles. The fraction of sp³-hybridized carbons (Fsp3) is 0.381. The zero-order valence-electron chi connectivity index (χ0n) is 15.6. The number of imidazole rings is 1. The monoisotopic (exact) mass is 349 g/mol. The average Bonchev–Trinajstić information content (AvgIpc) is 2.83. The van der Waals surface area contributed by atoms with E-state index < -0.39 is 0 Å². The minimum Gasteiger partial charge on any atom is -0.330 e. The molecule has 5 nitrogen and oxygen atoms in total. The van der Waals surface area contributed by atoms with Crippen LogP contribution < -0.4 is 5.73 Å². The van der Waals surface area contributed by atoms with Gasteiger partial charge < -0.3 is 10.3 Å². The van der Waals surface area contributed by atoms with Crippen LogP contribution in [-0.2, 0) is 13.6 Å². The van der Waals surface area contributed by atoms with Gasteiger partial charge in [0.1, 0.15) is 5.82 Å². The summed E-state index contributed by atoms with van der Waals surface area (Å²) in [6.45, 7) is 4.68. The molecule has 0 spiro atoms. The second-order valence-corrected chi connectivity index (χ2v) is 6.59. The van der Waals surface area contributed by atoms with E-state index in [1.165, 1.54) is 0 Å². The summed E-state index contributed by atoms with van der Waals surface area (Å²) in [7, 11) is 2.07. The molecule has 0 saturated carbocycles. The van der Waals surface area contributed by atoms with Crippen molar-refractivity contribution < 1.29 is 0 Å². The molecule has 0 radical (unpaired) electrons. The van der Waals surface area contributed by atoms with Gasteiger partial charge in [-0.05, 0) is 57.1 Å². The summed E-state index contributed by atoms with van der Waals surface area (Å²) >= 11 is 0. The second-order valence-electron chi connectivity index (χ2n) is 6.59. The van der Waals surface area contributed by atoms with Crippen molar-refractivity contribution in [1.82, 2.24) is 19.4 Å². The van der Waals surface area contributed by atoms with Crippen LogP contribution >= 0.6 is 0 Å². The number of unbranched alkanes of at least 4 members (excludes halogenated alkanes) is 1. The standard InChI is InChI=1S/C21H27N5/c1-17(18-10-6-8-14-23-18)26(15-9-7-13-22)16-21-24-19-11-4-3-5-12-20(19)25(21)2/h3-4,6,8,10-12,14,17H,7,9,13,15-16,22H2,1-2H3. The van der Waals surface area contributed by atoms with E-state index in [1.807, 2.05) is 42.6 Å². The lowest BCUT2D eigenvalue weighted by Gasteiger charge is -2.28. The van der Waals surface area contributed by atoms with Crippen molar-refractivity contribution in [1.29, 1.82) is 0 Å². The Bertz CT molecular complexity index is 812. The molecule has 2 N–H and O–H groups in total. The van der Waals surface area contributed by atoms with Crippen LogP contribution in [0.1, 0.15) is 48.7 Å². The Morgan fingerprint density at radius 3 is 2.96 bits per heavy atom. The highest BCUT2D eigenvalue weighted by molar-refractivity contribution is 5.63. The van der Waals surface area contributed by atoms with Crippen LogP contribution in [0.4, 0.5) is 0 Å². The van der Waals surface area contributed by atoms with E-state index in [-0.39, 0.29) is 6.04 Å². The van der Waals surface area contributed by atoms with Crippen LogP contribution in [0.25, 0.3) is 12.2 Å². The van der Waals surface area contributed by atoms with Crippen molar-refractivity contribution in [3.8, 4) is 0 Å². The molecule has 1 atom stereocenters. The van der Waals surface area contributed by atoms with Gasteiger partial charge in [-0.2, -0.15) is 0 Å². The number of rotatable bonds is 8. The molecule has 0 fully saturated rings. The molecule has 0 aliphatic heterocycles. The van der Waals surface area contributed by atoms with Crippen molar-refractivity contribution in [2.24, 2.45) is 12.8 Å². The lowest BCUT2D eigenvalue weighted by molar-refractivity contribution is 0.188. The highest BCUT2D eigenvalue weighted by atomic mass is 15.2. The molecule has 3 rings (SSSR count). The molecule has 0 saturated heterocycles. The minimum atomic E-state index is 0.219. The number of hydrogen-bond donors (Lipinski definition) is 1. The van der Waals surface area contributed by atoms with Gasteiger partial charge in [-0.3, -0.25) is 9.88 Å². The number of fused-ring (bicyclic) bond motifs is 1. The summed E-state index contributed by atoms with van der Waals surface area (Å²) in [4.78, 5) is 11.8. The molecule has 2 heterocycles. The summed E-state index contributed by atoms with van der Waals surface area (Å²) in [6.07, 6.45) is 11.9. The van der Waals surface area contributed by atoms with E-state index in [0.29, 0.717) is 0 Å². The Morgan fingerprint density at radius 2 is 2.19 bits per heavy atom. The Morgan fingerprint density at radius 1 is 1.31 bits per heavy atom. The molecule has 2 aromatic rings. The van der Waals surface area contributed by atoms with Crippen LogP contribution in [0.5, 0.6) is 0 Å². The summed E-state index contributed by atoms with van der Waals surface area (Å²) in [6, 6.07) is 6.31. The van der Waals surface area contributed by atoms with E-state index in [0.717, 1.165) is 55.4 Å². The van der Waals surface area contributed by atoms with Gasteiger partial charge in [-0.1, -0.05) is 12.1 Å². The fourth-order valence-corrected chi connectivity index (χ4v) is 3.20. The van der Waals surface area contributed by atoms with Gasteiger partial charge in [0.2, 0.25) is 0 Å². The van der Waals surface area contributed by atoms with Crippen LogP contribution in [0.3, 0.4) is 0 Å². The first kappa shape index (κ1) is 18.3. The van der Waals surface area contributed by atoms with Gasteiger partial charge in [0.05, 0.1) is 23.6 Å². The molecule has 0 bridgehead atoms. The predicted octanol–water partition coefficient (Wildman–Crippen LogP) is 3.31. The Balaban J connectivity index is 1.84. The predicted molar refractivity (Wildman–Crippen MR) is 106 cm³/mol. The quantitative estimate of drug-likeness (QED) is 0.587. The van der Waals surface area contributed by atoms with E-state index in [1.54, 1.807) is 0 Å². The van der Waals surface area contributed by atoms with Crippen molar-refractivity contribution in [2.75, 3.05) is 13.1 Å². The SMILES string of the molecule is CC(c1ccccn1)N(CCCCN)Cc1nc2c(n1C)C=C=CC=C2. The number of nitrogens with two attached hydrogens (primary N) is 1. The van der Waals surface area contributed by atoms with Crippen LogP contribution in [-0.4, -0.2) is 32.5 Å². The van der Waals surface area contributed by atoms with E-state index in [2.05, 4.69) is 40.2 Å². The first-order valence-corrected chi connectivity index (χ1v) is 9.20. The largest absolute Gasteiger partial charge is 0.330 e. The van der Waals surface area contributed by atoms with E-state index >= 15 is 0 Å². The Labute approximate surface area is 155 Å². The maximum atomic E-state index is 5.69. The summed E-state index contributed by atoms with van der Waals surface area (Å²) in [5.41, 5.74) is 12.0. The Kier molecular flexibility index (Phi) is 6.18. The summed E-state index contributed by atoms with van der Waals surface area (Å²) in [5, 5.41) is 0. The molecule has 5 heteroatoms. The van der Waals surface area contributed by atoms with Crippen molar-refractivity contribution in [3.05, 3.63) is 65.2 Å². The first-order chi connectivity index (χ1) is 12.7. The number of aromatic nitrogens is 3. The summed E-state index contributed by atoms with van der Waals surface area (Å²) in [5.74, 6) is 1.05. The zero-order valence-corrected chi connectivity index (χ0v) is 15.6. The average molecular weight is 349 g/mol. The topological polar surface area (TPSA) is 60.0 Å². The van der Waals surface area contributed by atoms with Crippen molar-refractivity contribution in [3.63, 3.8) is 0 Å². The molecule has 136 valence electrons. The van der Waals surface area contributed by atoms with Crippen LogP contribution in [0.15, 0.2) is 42.3 Å². The van der Waals surface area contributed by atoms with Gasteiger partial charge in [0.15, 0.2) is 0 Å². The van der Waals surface area contributed by atoms with Crippen LogP contribution in [0.2, 0.25) is 0 Å². The van der Waals surface area contributed by atoms with Gasteiger partial charge in [-0.15, -0.1) is 5.73 Å². The smallest absolute Gasteiger partial charge is 0.123 e. The highest BCUT2D eigenvalue weighted by Gasteiger charge is 2.20. The van der Waals surface area contributed by atoms with Gasteiger partial charge >= 0.3 is 0 Å². The number of nitrogens with zero attached hydrogens (tertiary/aromatic N) is 4. The molecule has 1 aliphatic rings. The lowest BCUT2D eigenvalue weighted by Crippen LogP contribution is -2.30. The van der Waals surface area contributed by atoms with Crippen LogP contribution in [0, 0.1) is 0 Å². The first-order valence-electron chi connectivity index (χ1n) is 9.20. The third-order valence-electron chi connectivity index (χ3n) is 4.83. The second kappa shape index (κ2) is 8.77. The molecular formula is C21H27N5. The maximum Gasteiger partial charge on any atom is 0.123 e. The number of allylic oxidation sites excluding steroid dienone is 2. The molecule has 0 amide bonds. The van der Waals surface area contributed by atoms with Crippen molar-refractivity contribution in [2.45, 2.75) is 32.4 Å². The van der Waals surface area contributed by atoms with Gasteiger partial charge in [0, 0.05) is 25.4 Å². The third kappa shape index (κ3) is 4.20. The third-order valence-corrected chi connectivity index (χ3v) is 4.83. The van der Waals surface area contributed by atoms with E-state index in [9.17, 15) is 0 Å². The molecule has 0 aromatic carbocycles.